The Labute approximate surface area is 153 Å². The van der Waals surface area contributed by atoms with E-state index in [-0.39, 0.29) is 0 Å². The number of ether oxygens (including phenoxy) is 1. The smallest absolute Gasteiger partial charge is 0.407 e. The van der Waals surface area contributed by atoms with Crippen molar-refractivity contribution in [1.29, 1.82) is 5.26 Å². The van der Waals surface area contributed by atoms with Crippen molar-refractivity contribution in [3.8, 4) is 11.8 Å². The number of β-amino-alcohol motifs (C(OH)–C–C–N with tert-alkyl or cyclic N) is 1. The Kier molecular flexibility index (Phi) is 5.96. The molecule has 0 aromatic heterocycles. The van der Waals surface area contributed by atoms with Crippen LogP contribution in [-0.4, -0.2) is 71.5 Å². The molecule has 2 aliphatic rings. The molecule has 3 unspecified atom stereocenters. The number of nitriles is 1. The first-order chi connectivity index (χ1) is 12.5. The molecule has 140 valence electrons. The summed E-state index contributed by atoms with van der Waals surface area (Å²) in [4.78, 5) is 14.9. The Bertz CT molecular complexity index is 644. The first kappa shape index (κ1) is 18.5. The standard InChI is InChI=1S/C19H25N3O4/c20-8-14-1-3-18(4-2-14)26-6-5-17(23)13-21-9-15-7-16(10-21)12-22(11-15)19(24)25/h1-4,15-17,23H,5-7,9-13H2,(H,24,25). The van der Waals surface area contributed by atoms with Gasteiger partial charge in [0.15, 0.2) is 0 Å². The molecule has 0 spiro atoms. The van der Waals surface area contributed by atoms with Crippen LogP contribution in [0.25, 0.3) is 0 Å². The number of fused-ring (bicyclic) bond motifs is 2. The normalized spacial score (nSPS) is 23.9. The minimum absolute atomic E-state index is 0.362. The third kappa shape index (κ3) is 4.87. The van der Waals surface area contributed by atoms with Crippen molar-refractivity contribution in [2.24, 2.45) is 11.8 Å². The number of amides is 1. The molecule has 7 nitrogen and oxygen atoms in total. The van der Waals surface area contributed by atoms with E-state index in [1.54, 1.807) is 24.3 Å². The second-order valence-electron chi connectivity index (χ2n) is 7.30. The molecule has 2 aliphatic heterocycles. The van der Waals surface area contributed by atoms with Gasteiger partial charge >= 0.3 is 6.09 Å². The zero-order valence-electron chi connectivity index (χ0n) is 14.8. The Morgan fingerprint density at radius 2 is 1.88 bits per heavy atom. The van der Waals surface area contributed by atoms with Crippen LogP contribution in [0.15, 0.2) is 24.3 Å². The highest BCUT2D eigenvalue weighted by Gasteiger charge is 2.36. The molecule has 1 amide bonds. The molecule has 0 saturated carbocycles. The molecule has 1 aromatic carbocycles. The highest BCUT2D eigenvalue weighted by molar-refractivity contribution is 5.65. The van der Waals surface area contributed by atoms with Crippen LogP contribution in [0.4, 0.5) is 4.79 Å². The summed E-state index contributed by atoms with van der Waals surface area (Å²) in [5.41, 5.74) is 0.592. The first-order valence-electron chi connectivity index (χ1n) is 9.04. The van der Waals surface area contributed by atoms with E-state index in [0.29, 0.717) is 55.8 Å². The zero-order chi connectivity index (χ0) is 18.5. The number of nitrogens with zero attached hydrogens (tertiary/aromatic N) is 3. The number of carboxylic acid groups (broad SMARTS) is 1. The van der Waals surface area contributed by atoms with E-state index in [1.807, 2.05) is 0 Å². The fourth-order valence-electron chi connectivity index (χ4n) is 4.02. The summed E-state index contributed by atoms with van der Waals surface area (Å²) >= 11 is 0. The summed E-state index contributed by atoms with van der Waals surface area (Å²) < 4.78 is 5.62. The molecule has 2 N–H and O–H groups in total. The number of hydrogen-bond acceptors (Lipinski definition) is 5. The summed E-state index contributed by atoms with van der Waals surface area (Å²) in [6.45, 7) is 3.89. The monoisotopic (exact) mass is 359 g/mol. The first-order valence-corrected chi connectivity index (χ1v) is 9.04. The van der Waals surface area contributed by atoms with Gasteiger partial charge in [-0.3, -0.25) is 0 Å². The Morgan fingerprint density at radius 1 is 1.23 bits per heavy atom. The maximum atomic E-state index is 11.2. The number of likely N-dealkylation sites (tertiary alicyclic amines) is 2. The third-order valence-electron chi connectivity index (χ3n) is 5.10. The highest BCUT2D eigenvalue weighted by atomic mass is 16.5. The molecule has 3 atom stereocenters. The molecular formula is C19H25N3O4. The van der Waals surface area contributed by atoms with Gasteiger partial charge in [-0.15, -0.1) is 0 Å². The zero-order valence-corrected chi connectivity index (χ0v) is 14.8. The van der Waals surface area contributed by atoms with Crippen molar-refractivity contribution in [1.82, 2.24) is 9.80 Å². The number of rotatable bonds is 6. The van der Waals surface area contributed by atoms with Gasteiger partial charge in [0, 0.05) is 39.1 Å². The molecular weight excluding hydrogens is 334 g/mol. The summed E-state index contributed by atoms with van der Waals surface area (Å²) in [5, 5.41) is 28.2. The van der Waals surface area contributed by atoms with Gasteiger partial charge in [-0.25, -0.2) is 4.79 Å². The fraction of sp³-hybridized carbons (Fsp3) is 0.579. The second kappa shape index (κ2) is 8.39. The SMILES string of the molecule is N#Cc1ccc(OCCC(O)CN2CC3CC(C2)CN(C(=O)O)C3)cc1. The average Bonchev–Trinajstić information content (AvgIpc) is 2.61. The molecule has 2 bridgehead atoms. The van der Waals surface area contributed by atoms with E-state index in [4.69, 9.17) is 15.1 Å². The fourth-order valence-corrected chi connectivity index (χ4v) is 4.02. The van der Waals surface area contributed by atoms with Crippen LogP contribution >= 0.6 is 0 Å². The summed E-state index contributed by atoms with van der Waals surface area (Å²) in [6.07, 6.45) is 0.321. The van der Waals surface area contributed by atoms with Crippen LogP contribution in [0.1, 0.15) is 18.4 Å². The number of piperidine rings is 2. The van der Waals surface area contributed by atoms with Gasteiger partial charge < -0.3 is 24.7 Å². The molecule has 2 heterocycles. The van der Waals surface area contributed by atoms with Gasteiger partial charge in [0.2, 0.25) is 0 Å². The molecule has 26 heavy (non-hydrogen) atoms. The van der Waals surface area contributed by atoms with E-state index < -0.39 is 12.2 Å². The largest absolute Gasteiger partial charge is 0.493 e. The quantitative estimate of drug-likeness (QED) is 0.801. The number of benzene rings is 1. The maximum Gasteiger partial charge on any atom is 0.407 e. The van der Waals surface area contributed by atoms with Crippen LogP contribution in [0, 0.1) is 23.2 Å². The van der Waals surface area contributed by atoms with Gasteiger partial charge in [-0.2, -0.15) is 5.26 Å². The number of aliphatic hydroxyl groups excluding tert-OH is 1. The minimum atomic E-state index is -0.826. The van der Waals surface area contributed by atoms with Crippen molar-refractivity contribution in [3.05, 3.63) is 29.8 Å². The van der Waals surface area contributed by atoms with Gasteiger partial charge in [-0.05, 0) is 42.5 Å². The summed E-state index contributed by atoms with van der Waals surface area (Å²) in [5.74, 6) is 1.42. The Hall–Kier alpha value is -2.30. The van der Waals surface area contributed by atoms with E-state index in [1.165, 1.54) is 4.90 Å². The number of hydrogen-bond donors (Lipinski definition) is 2. The molecule has 2 fully saturated rings. The summed E-state index contributed by atoms with van der Waals surface area (Å²) in [7, 11) is 0. The van der Waals surface area contributed by atoms with Crippen LogP contribution < -0.4 is 4.74 Å². The number of aliphatic hydroxyl groups is 1. The van der Waals surface area contributed by atoms with Crippen molar-refractivity contribution in [3.63, 3.8) is 0 Å². The van der Waals surface area contributed by atoms with Gasteiger partial charge in [0.25, 0.3) is 0 Å². The lowest BCUT2D eigenvalue weighted by Gasteiger charge is -2.45. The molecule has 7 heteroatoms. The Balaban J connectivity index is 1.39. The lowest BCUT2D eigenvalue weighted by atomic mass is 9.84. The molecule has 2 saturated heterocycles. The minimum Gasteiger partial charge on any atom is -0.493 e. The molecule has 0 radical (unpaired) electrons. The van der Waals surface area contributed by atoms with Crippen LogP contribution in [-0.2, 0) is 0 Å². The summed E-state index contributed by atoms with van der Waals surface area (Å²) in [6, 6.07) is 8.99. The van der Waals surface area contributed by atoms with E-state index >= 15 is 0 Å². The lowest BCUT2D eigenvalue weighted by molar-refractivity contribution is 0.00911. The topological polar surface area (TPSA) is 97.0 Å². The predicted molar refractivity (Wildman–Crippen MR) is 94.9 cm³/mol. The van der Waals surface area contributed by atoms with Crippen molar-refractivity contribution in [2.45, 2.75) is 18.9 Å². The van der Waals surface area contributed by atoms with Gasteiger partial charge in [-0.1, -0.05) is 0 Å². The average molecular weight is 359 g/mol. The van der Waals surface area contributed by atoms with Crippen LogP contribution in [0.3, 0.4) is 0 Å². The molecule has 3 rings (SSSR count). The van der Waals surface area contributed by atoms with Crippen LogP contribution in [0.2, 0.25) is 0 Å². The lowest BCUT2D eigenvalue weighted by Crippen LogP contribution is -2.54. The third-order valence-corrected chi connectivity index (χ3v) is 5.10. The Morgan fingerprint density at radius 3 is 2.46 bits per heavy atom. The molecule has 1 aromatic rings. The van der Waals surface area contributed by atoms with Crippen molar-refractivity contribution >= 4 is 6.09 Å². The van der Waals surface area contributed by atoms with E-state index in [0.717, 1.165) is 19.5 Å². The second-order valence-corrected chi connectivity index (χ2v) is 7.30. The van der Waals surface area contributed by atoms with E-state index in [9.17, 15) is 9.90 Å². The highest BCUT2D eigenvalue weighted by Crippen LogP contribution is 2.28. The van der Waals surface area contributed by atoms with Crippen LogP contribution in [0.5, 0.6) is 5.75 Å². The van der Waals surface area contributed by atoms with Crippen molar-refractivity contribution < 1.29 is 19.7 Å². The van der Waals surface area contributed by atoms with Gasteiger partial charge in [0.05, 0.1) is 24.3 Å². The molecule has 0 aliphatic carbocycles. The van der Waals surface area contributed by atoms with Crippen molar-refractivity contribution in [2.75, 3.05) is 39.3 Å². The number of carbonyl (C=O) groups is 1. The van der Waals surface area contributed by atoms with E-state index in [2.05, 4.69) is 11.0 Å². The van der Waals surface area contributed by atoms with Gasteiger partial charge in [0.1, 0.15) is 5.75 Å². The predicted octanol–water partition coefficient (Wildman–Crippen LogP) is 1.62. The maximum absolute atomic E-state index is 11.2.